The van der Waals surface area contributed by atoms with Crippen molar-refractivity contribution in [1.82, 2.24) is 9.80 Å². The zero-order chi connectivity index (χ0) is 23.4. The Morgan fingerprint density at radius 1 is 0.818 bits per heavy atom. The molecular weight excluding hydrogens is 462 g/mol. The van der Waals surface area contributed by atoms with Gasteiger partial charge in [0.15, 0.2) is 0 Å². The molecule has 1 aromatic carbocycles. The van der Waals surface area contributed by atoms with Crippen molar-refractivity contribution in [2.24, 2.45) is 0 Å². The third-order valence-corrected chi connectivity index (χ3v) is 7.00. The van der Waals surface area contributed by atoms with Crippen LogP contribution in [-0.2, 0) is 9.59 Å². The van der Waals surface area contributed by atoms with Crippen LogP contribution in [0.15, 0.2) is 63.0 Å². The number of carbonyl (C=O) groups excluding carboxylic acids is 4. The summed E-state index contributed by atoms with van der Waals surface area (Å²) in [4.78, 5) is 54.0. The highest BCUT2D eigenvalue weighted by atomic mass is 32.2. The van der Waals surface area contributed by atoms with E-state index in [1.165, 1.54) is 16.1 Å². The molecule has 2 saturated heterocycles. The van der Waals surface area contributed by atoms with Gasteiger partial charge >= 0.3 is 0 Å². The maximum Gasteiger partial charge on any atom is 0.293 e. The maximum absolute atomic E-state index is 12.6. The van der Waals surface area contributed by atoms with Gasteiger partial charge < -0.3 is 9.32 Å². The van der Waals surface area contributed by atoms with Crippen LogP contribution in [0.4, 0.5) is 9.59 Å². The first-order chi connectivity index (χ1) is 15.9. The molecule has 0 radical (unpaired) electrons. The summed E-state index contributed by atoms with van der Waals surface area (Å²) in [6.45, 7) is 1.53. The minimum atomic E-state index is -0.341. The van der Waals surface area contributed by atoms with Gasteiger partial charge in [0.2, 0.25) is 0 Å². The molecule has 3 heterocycles. The fourth-order valence-corrected chi connectivity index (χ4v) is 5.03. The molecule has 2 fully saturated rings. The highest BCUT2D eigenvalue weighted by Gasteiger charge is 2.37. The lowest BCUT2D eigenvalue weighted by Gasteiger charge is -2.20. The number of amides is 4. The summed E-state index contributed by atoms with van der Waals surface area (Å²) in [5.41, 5.74) is 0.865. The van der Waals surface area contributed by atoms with E-state index in [4.69, 9.17) is 4.42 Å². The van der Waals surface area contributed by atoms with E-state index in [9.17, 15) is 19.2 Å². The third kappa shape index (κ3) is 5.47. The van der Waals surface area contributed by atoms with Crippen LogP contribution in [0.1, 0.15) is 11.3 Å². The standard InChI is InChI=1S/C23H21N3O5S2/c1-24(10-12-26-21(28)19(33-23(26)30)15-17-8-5-13-31-17)9-11-25-20(27)18(32-22(25)29)14-16-6-3-2-4-7-16/h2-8,13-15H,9-12H2,1H3/p+1/b18-14-,19-15-. The van der Waals surface area contributed by atoms with E-state index in [1.807, 2.05) is 37.4 Å². The minimum Gasteiger partial charge on any atom is -0.465 e. The largest absolute Gasteiger partial charge is 0.465 e. The Bertz CT molecular complexity index is 1130. The van der Waals surface area contributed by atoms with Crippen LogP contribution in [0, 0.1) is 0 Å². The zero-order valence-corrected chi connectivity index (χ0v) is 19.5. The second kappa shape index (κ2) is 10.2. The van der Waals surface area contributed by atoms with Crippen LogP contribution in [0.2, 0.25) is 0 Å². The molecule has 8 nitrogen and oxygen atoms in total. The van der Waals surface area contributed by atoms with E-state index in [0.29, 0.717) is 28.7 Å². The Labute approximate surface area is 199 Å². The summed E-state index contributed by atoms with van der Waals surface area (Å²) < 4.78 is 5.21. The molecule has 2 aliphatic rings. The monoisotopic (exact) mass is 484 g/mol. The van der Waals surface area contributed by atoms with Crippen molar-refractivity contribution in [1.29, 1.82) is 0 Å². The Morgan fingerprint density at radius 2 is 1.39 bits per heavy atom. The van der Waals surface area contributed by atoms with Crippen LogP contribution in [0.25, 0.3) is 12.2 Å². The number of thioether (sulfide) groups is 2. The Kier molecular flexibility index (Phi) is 7.17. The third-order valence-electron chi connectivity index (χ3n) is 5.19. The molecule has 10 heteroatoms. The highest BCUT2D eigenvalue weighted by molar-refractivity contribution is 8.18. The van der Waals surface area contributed by atoms with Crippen molar-refractivity contribution in [2.75, 3.05) is 33.2 Å². The van der Waals surface area contributed by atoms with Gasteiger partial charge in [-0.3, -0.25) is 29.0 Å². The van der Waals surface area contributed by atoms with Crippen LogP contribution in [0.5, 0.6) is 0 Å². The fraction of sp³-hybridized carbons (Fsp3) is 0.217. The average Bonchev–Trinajstić information content (AvgIpc) is 3.47. The number of carbonyl (C=O) groups is 4. The number of benzene rings is 1. The second-order valence-electron chi connectivity index (χ2n) is 7.55. The van der Waals surface area contributed by atoms with E-state index in [1.54, 1.807) is 24.3 Å². The first-order valence-electron chi connectivity index (χ1n) is 10.3. The van der Waals surface area contributed by atoms with Gasteiger partial charge in [-0.05, 0) is 47.3 Å². The molecule has 0 aliphatic carbocycles. The molecule has 4 rings (SSSR count). The normalized spacial score (nSPS) is 20.0. The summed E-state index contributed by atoms with van der Waals surface area (Å²) in [5, 5.41) is -0.605. The van der Waals surface area contributed by atoms with E-state index in [-0.39, 0.29) is 35.4 Å². The number of hydrogen-bond acceptors (Lipinski definition) is 7. The van der Waals surface area contributed by atoms with E-state index in [0.717, 1.165) is 34.0 Å². The molecule has 1 unspecified atom stereocenters. The van der Waals surface area contributed by atoms with Gasteiger partial charge in [-0.2, -0.15) is 0 Å². The minimum absolute atomic E-state index is 0.252. The van der Waals surface area contributed by atoms with E-state index in [2.05, 4.69) is 0 Å². The van der Waals surface area contributed by atoms with Gasteiger partial charge in [-0.25, -0.2) is 0 Å². The number of rotatable bonds is 8. The number of nitrogens with one attached hydrogen (secondary N) is 1. The molecule has 33 heavy (non-hydrogen) atoms. The molecule has 0 saturated carbocycles. The van der Waals surface area contributed by atoms with Crippen molar-refractivity contribution >= 4 is 58.0 Å². The molecule has 2 aliphatic heterocycles. The van der Waals surface area contributed by atoms with Crippen molar-refractivity contribution in [2.45, 2.75) is 0 Å². The van der Waals surface area contributed by atoms with Gasteiger partial charge in [0.1, 0.15) is 5.76 Å². The zero-order valence-electron chi connectivity index (χ0n) is 17.9. The second-order valence-corrected chi connectivity index (χ2v) is 9.54. The number of quaternary nitrogens is 1. The average molecular weight is 485 g/mol. The number of nitrogens with zero attached hydrogens (tertiary/aromatic N) is 2. The summed E-state index contributed by atoms with van der Waals surface area (Å²) in [5.74, 6) is -0.122. The lowest BCUT2D eigenvalue weighted by atomic mass is 10.2. The van der Waals surface area contributed by atoms with Gasteiger partial charge in [0.05, 0.1) is 49.3 Å². The quantitative estimate of drug-likeness (QED) is 0.576. The molecular formula is C23H22N3O5S2+. The topological polar surface area (TPSA) is 92.3 Å². The van der Waals surface area contributed by atoms with Crippen molar-refractivity contribution in [3.05, 3.63) is 69.9 Å². The maximum atomic E-state index is 12.6. The SMILES string of the molecule is C[NH+](CCN1C(=O)S/C(=C\c2ccccc2)C1=O)CCN1C(=O)S/C(=C\c2ccco2)C1=O. The Balaban J connectivity index is 1.28. The lowest BCUT2D eigenvalue weighted by Crippen LogP contribution is -3.10. The molecule has 0 bridgehead atoms. The van der Waals surface area contributed by atoms with Crippen molar-refractivity contribution < 1.29 is 28.5 Å². The summed E-state index contributed by atoms with van der Waals surface area (Å²) in [6, 6.07) is 12.8. The molecule has 0 spiro atoms. The summed E-state index contributed by atoms with van der Waals surface area (Å²) >= 11 is 1.83. The number of imide groups is 2. The van der Waals surface area contributed by atoms with Gasteiger partial charge in [-0.15, -0.1) is 0 Å². The number of likely N-dealkylation sites (N-methyl/N-ethyl adjacent to an activating group) is 1. The predicted octanol–water partition coefficient (Wildman–Crippen LogP) is 2.57. The van der Waals surface area contributed by atoms with E-state index < -0.39 is 0 Å². The smallest absolute Gasteiger partial charge is 0.293 e. The molecule has 170 valence electrons. The summed E-state index contributed by atoms with van der Waals surface area (Å²) in [7, 11) is 1.90. The Morgan fingerprint density at radius 3 is 1.94 bits per heavy atom. The first-order valence-corrected chi connectivity index (χ1v) is 12.0. The molecule has 4 amide bonds. The van der Waals surface area contributed by atoms with Crippen LogP contribution < -0.4 is 4.90 Å². The fourth-order valence-electron chi connectivity index (χ4n) is 3.32. The van der Waals surface area contributed by atoms with Crippen LogP contribution in [0.3, 0.4) is 0 Å². The molecule has 1 aromatic heterocycles. The Hall–Kier alpha value is -3.08. The van der Waals surface area contributed by atoms with E-state index >= 15 is 0 Å². The summed E-state index contributed by atoms with van der Waals surface area (Å²) in [6.07, 6.45) is 4.78. The molecule has 1 atom stereocenters. The van der Waals surface area contributed by atoms with Gasteiger partial charge in [-0.1, -0.05) is 30.3 Å². The van der Waals surface area contributed by atoms with Crippen molar-refractivity contribution in [3.63, 3.8) is 0 Å². The lowest BCUT2D eigenvalue weighted by molar-refractivity contribution is -0.878. The van der Waals surface area contributed by atoms with Crippen LogP contribution in [-0.4, -0.2) is 65.3 Å². The van der Waals surface area contributed by atoms with Crippen LogP contribution >= 0.6 is 23.5 Å². The van der Waals surface area contributed by atoms with Gasteiger partial charge in [0, 0.05) is 6.08 Å². The molecule has 2 aromatic rings. The van der Waals surface area contributed by atoms with Crippen molar-refractivity contribution in [3.8, 4) is 0 Å². The highest BCUT2D eigenvalue weighted by Crippen LogP contribution is 2.32. The molecule has 1 N–H and O–H groups in total. The number of furan rings is 1. The predicted molar refractivity (Wildman–Crippen MR) is 127 cm³/mol. The van der Waals surface area contributed by atoms with Gasteiger partial charge in [0.25, 0.3) is 22.3 Å². The number of hydrogen-bond donors (Lipinski definition) is 1. The first kappa shape index (κ1) is 23.1.